The van der Waals surface area contributed by atoms with E-state index in [0.29, 0.717) is 18.1 Å². The molecule has 0 spiro atoms. The lowest BCUT2D eigenvalue weighted by molar-refractivity contribution is 0.0946. The van der Waals surface area contributed by atoms with Crippen LogP contribution >= 0.6 is 11.6 Å². The SMILES string of the molecule is CCOc1ccc(CNC(=O)c2cc3c(=O)n(Cc4ccc(F)c(Cl)c4)c(=O)n(C)c3cn2)cn1. The molecule has 3 aromatic heterocycles. The molecule has 11 heteroatoms. The Labute approximate surface area is 203 Å². The van der Waals surface area contributed by atoms with Crippen molar-refractivity contribution >= 4 is 28.4 Å². The van der Waals surface area contributed by atoms with Crippen LogP contribution in [0.4, 0.5) is 4.39 Å². The number of nitrogens with one attached hydrogen (secondary N) is 1. The Hall–Kier alpha value is -4.05. The third kappa shape index (κ3) is 5.07. The van der Waals surface area contributed by atoms with Gasteiger partial charge in [-0.25, -0.2) is 19.2 Å². The number of benzene rings is 1. The number of amides is 1. The molecule has 1 aromatic carbocycles. The highest BCUT2D eigenvalue weighted by molar-refractivity contribution is 6.30. The van der Waals surface area contributed by atoms with Crippen molar-refractivity contribution in [2.75, 3.05) is 6.61 Å². The number of hydrogen-bond donors (Lipinski definition) is 1. The Morgan fingerprint density at radius 1 is 1.11 bits per heavy atom. The highest BCUT2D eigenvalue weighted by Gasteiger charge is 2.16. The fourth-order valence-corrected chi connectivity index (χ4v) is 3.71. The Balaban J connectivity index is 1.61. The topological polar surface area (TPSA) is 108 Å². The summed E-state index contributed by atoms with van der Waals surface area (Å²) in [4.78, 5) is 46.9. The van der Waals surface area contributed by atoms with Crippen LogP contribution in [0.5, 0.6) is 5.88 Å². The smallest absolute Gasteiger partial charge is 0.331 e. The molecule has 0 aliphatic carbocycles. The molecule has 4 aromatic rings. The summed E-state index contributed by atoms with van der Waals surface area (Å²) >= 11 is 5.83. The minimum Gasteiger partial charge on any atom is -0.478 e. The molecule has 1 N–H and O–H groups in total. The molecule has 1 amide bonds. The van der Waals surface area contributed by atoms with Gasteiger partial charge in [-0.05, 0) is 36.2 Å². The maximum absolute atomic E-state index is 13.5. The van der Waals surface area contributed by atoms with Crippen molar-refractivity contribution in [3.05, 3.63) is 97.3 Å². The largest absolute Gasteiger partial charge is 0.478 e. The van der Waals surface area contributed by atoms with E-state index in [0.717, 1.165) is 10.1 Å². The molecule has 0 unspecified atom stereocenters. The number of carbonyl (C=O) groups is 1. The molecule has 3 heterocycles. The normalized spacial score (nSPS) is 11.0. The van der Waals surface area contributed by atoms with Crippen LogP contribution in [-0.4, -0.2) is 31.6 Å². The Morgan fingerprint density at radius 3 is 2.57 bits per heavy atom. The van der Waals surface area contributed by atoms with Crippen molar-refractivity contribution in [1.82, 2.24) is 24.4 Å². The van der Waals surface area contributed by atoms with Crippen molar-refractivity contribution in [2.24, 2.45) is 7.05 Å². The molecule has 0 saturated heterocycles. The minimum absolute atomic E-state index is 0.0171. The zero-order valence-corrected chi connectivity index (χ0v) is 19.7. The molecule has 0 saturated carbocycles. The van der Waals surface area contributed by atoms with E-state index in [-0.39, 0.29) is 34.7 Å². The number of aromatic nitrogens is 4. The van der Waals surface area contributed by atoms with E-state index in [9.17, 15) is 18.8 Å². The summed E-state index contributed by atoms with van der Waals surface area (Å²) in [5.41, 5.74) is 0.348. The second kappa shape index (κ2) is 10.1. The first kappa shape index (κ1) is 24.1. The van der Waals surface area contributed by atoms with Crippen molar-refractivity contribution in [3.63, 3.8) is 0 Å². The summed E-state index contributed by atoms with van der Waals surface area (Å²) in [6.45, 7) is 2.44. The first-order valence-electron chi connectivity index (χ1n) is 10.7. The van der Waals surface area contributed by atoms with Gasteiger partial charge in [-0.2, -0.15) is 0 Å². The van der Waals surface area contributed by atoms with Gasteiger partial charge in [0.1, 0.15) is 11.5 Å². The molecule has 0 bridgehead atoms. The van der Waals surface area contributed by atoms with Crippen molar-refractivity contribution in [2.45, 2.75) is 20.0 Å². The number of fused-ring (bicyclic) bond motifs is 1. The van der Waals surface area contributed by atoms with Crippen LogP contribution in [0.25, 0.3) is 10.9 Å². The van der Waals surface area contributed by atoms with Crippen molar-refractivity contribution in [3.8, 4) is 5.88 Å². The van der Waals surface area contributed by atoms with Gasteiger partial charge < -0.3 is 10.1 Å². The number of pyridine rings is 2. The van der Waals surface area contributed by atoms with Crippen LogP contribution in [0.1, 0.15) is 28.5 Å². The van der Waals surface area contributed by atoms with Gasteiger partial charge in [-0.1, -0.05) is 23.7 Å². The summed E-state index contributed by atoms with van der Waals surface area (Å²) in [5.74, 6) is -0.605. The molecule has 0 fully saturated rings. The first-order chi connectivity index (χ1) is 16.8. The van der Waals surface area contributed by atoms with E-state index < -0.39 is 23.0 Å². The second-order valence-electron chi connectivity index (χ2n) is 7.69. The summed E-state index contributed by atoms with van der Waals surface area (Å²) < 4.78 is 21.1. The number of halogens is 2. The summed E-state index contributed by atoms with van der Waals surface area (Å²) in [5, 5.41) is 2.76. The third-order valence-corrected chi connectivity index (χ3v) is 5.63. The second-order valence-corrected chi connectivity index (χ2v) is 8.10. The number of carbonyl (C=O) groups excluding carboxylic acids is 1. The quantitative estimate of drug-likeness (QED) is 0.420. The lowest BCUT2D eigenvalue weighted by atomic mass is 10.2. The van der Waals surface area contributed by atoms with Crippen molar-refractivity contribution in [1.29, 1.82) is 0 Å². The average molecular weight is 498 g/mol. The molecular formula is C24H21ClFN5O4. The predicted molar refractivity (Wildman–Crippen MR) is 128 cm³/mol. The van der Waals surface area contributed by atoms with E-state index in [2.05, 4.69) is 15.3 Å². The molecule has 35 heavy (non-hydrogen) atoms. The standard InChI is InChI=1S/C24H21ClFN5O4/c1-3-35-21-7-5-15(10-28-21)11-29-22(32)19-9-16-20(12-27-19)30(2)24(34)31(23(16)33)13-14-4-6-18(26)17(25)8-14/h4-10,12H,3,11,13H2,1-2H3,(H,29,32). The van der Waals surface area contributed by atoms with Gasteiger partial charge in [0.25, 0.3) is 11.5 Å². The van der Waals surface area contributed by atoms with Crippen LogP contribution in [0.3, 0.4) is 0 Å². The molecule has 0 atom stereocenters. The lowest BCUT2D eigenvalue weighted by Gasteiger charge is -2.12. The van der Waals surface area contributed by atoms with E-state index in [1.807, 2.05) is 6.92 Å². The molecule has 0 aliphatic rings. The van der Waals surface area contributed by atoms with Gasteiger partial charge in [0, 0.05) is 25.9 Å². The van der Waals surface area contributed by atoms with E-state index in [1.165, 1.54) is 42.1 Å². The minimum atomic E-state index is -0.601. The summed E-state index contributed by atoms with van der Waals surface area (Å²) in [7, 11) is 1.50. The van der Waals surface area contributed by atoms with Gasteiger partial charge in [0.15, 0.2) is 0 Å². The Bertz CT molecular complexity index is 1530. The highest BCUT2D eigenvalue weighted by Crippen LogP contribution is 2.16. The molecule has 9 nitrogen and oxygen atoms in total. The number of hydrogen-bond acceptors (Lipinski definition) is 6. The summed E-state index contributed by atoms with van der Waals surface area (Å²) in [6.07, 6.45) is 2.90. The highest BCUT2D eigenvalue weighted by atomic mass is 35.5. The Kier molecular flexibility index (Phi) is 6.92. The van der Waals surface area contributed by atoms with Gasteiger partial charge in [0.2, 0.25) is 5.88 Å². The van der Waals surface area contributed by atoms with E-state index >= 15 is 0 Å². The van der Waals surface area contributed by atoms with Gasteiger partial charge in [-0.15, -0.1) is 0 Å². The van der Waals surface area contributed by atoms with Gasteiger partial charge in [-0.3, -0.25) is 18.7 Å². The molecule has 0 aliphatic heterocycles. The molecule has 0 radical (unpaired) electrons. The third-order valence-electron chi connectivity index (χ3n) is 5.34. The summed E-state index contributed by atoms with van der Waals surface area (Å²) in [6, 6.07) is 8.79. The van der Waals surface area contributed by atoms with Gasteiger partial charge in [0.05, 0.1) is 35.3 Å². The van der Waals surface area contributed by atoms with E-state index in [4.69, 9.17) is 16.3 Å². The number of ether oxygens (including phenoxy) is 1. The maximum atomic E-state index is 13.5. The molecule has 4 rings (SSSR count). The predicted octanol–water partition coefficient (Wildman–Crippen LogP) is 2.66. The van der Waals surface area contributed by atoms with Crippen LogP contribution in [0, 0.1) is 5.82 Å². The Morgan fingerprint density at radius 2 is 1.89 bits per heavy atom. The monoisotopic (exact) mass is 497 g/mol. The van der Waals surface area contributed by atoms with Crippen LogP contribution in [0.2, 0.25) is 5.02 Å². The fraction of sp³-hybridized carbons (Fsp3) is 0.208. The van der Waals surface area contributed by atoms with Gasteiger partial charge >= 0.3 is 5.69 Å². The first-order valence-corrected chi connectivity index (χ1v) is 11.1. The number of rotatable bonds is 7. The molecular weight excluding hydrogens is 477 g/mol. The zero-order chi connectivity index (χ0) is 25.1. The van der Waals surface area contributed by atoms with Crippen LogP contribution < -0.4 is 21.3 Å². The molecule has 180 valence electrons. The van der Waals surface area contributed by atoms with E-state index in [1.54, 1.807) is 18.3 Å². The van der Waals surface area contributed by atoms with Crippen LogP contribution in [-0.2, 0) is 20.1 Å². The zero-order valence-electron chi connectivity index (χ0n) is 18.9. The number of aryl methyl sites for hydroxylation is 1. The van der Waals surface area contributed by atoms with Crippen molar-refractivity contribution < 1.29 is 13.9 Å². The average Bonchev–Trinajstić information content (AvgIpc) is 2.86. The maximum Gasteiger partial charge on any atom is 0.331 e. The number of nitrogens with zero attached hydrogens (tertiary/aromatic N) is 4. The lowest BCUT2D eigenvalue weighted by Crippen LogP contribution is -2.39. The van der Waals surface area contributed by atoms with Crippen LogP contribution in [0.15, 0.2) is 58.4 Å². The fourth-order valence-electron chi connectivity index (χ4n) is 3.51.